The number of anilines is 1. The van der Waals surface area contributed by atoms with E-state index in [2.05, 4.69) is 60.1 Å². The van der Waals surface area contributed by atoms with Crippen LogP contribution in [0.15, 0.2) is 95.7 Å². The summed E-state index contributed by atoms with van der Waals surface area (Å²) in [5.41, 5.74) is 3.95. The van der Waals surface area contributed by atoms with Crippen LogP contribution >= 0.6 is 28.1 Å². The molecule has 0 spiro atoms. The molecule has 0 aliphatic carbocycles. The van der Waals surface area contributed by atoms with Crippen LogP contribution in [0.4, 0.5) is 5.69 Å². The number of rotatable bonds is 4. The molecule has 5 rings (SSSR count). The van der Waals surface area contributed by atoms with Gasteiger partial charge in [-0.3, -0.25) is 4.98 Å². The Labute approximate surface area is 194 Å². The molecular formula is C24H19BrN4OS. The molecule has 2 N–H and O–H groups in total. The first kappa shape index (κ1) is 19.8. The highest BCUT2D eigenvalue weighted by Gasteiger charge is 2.42. The molecule has 2 atom stereocenters. The van der Waals surface area contributed by atoms with E-state index >= 15 is 0 Å². The molecule has 5 nitrogen and oxygen atoms in total. The van der Waals surface area contributed by atoms with E-state index in [1.807, 2.05) is 48.5 Å². The van der Waals surface area contributed by atoms with E-state index in [0.717, 1.165) is 27.2 Å². The summed E-state index contributed by atoms with van der Waals surface area (Å²) >= 11 is 9.35. The van der Waals surface area contributed by atoms with E-state index in [-0.39, 0.29) is 17.8 Å². The van der Waals surface area contributed by atoms with E-state index in [1.54, 1.807) is 18.3 Å². The van der Waals surface area contributed by atoms with Gasteiger partial charge in [0.1, 0.15) is 11.8 Å². The summed E-state index contributed by atoms with van der Waals surface area (Å²) in [6.07, 6.45) is 3.86. The molecule has 0 unspecified atom stereocenters. The highest BCUT2D eigenvalue weighted by atomic mass is 79.9. The van der Waals surface area contributed by atoms with Gasteiger partial charge in [-0.1, -0.05) is 28.1 Å². The Hall–Kier alpha value is -3.16. The number of nitrogens with zero attached hydrogens (tertiary/aromatic N) is 3. The van der Waals surface area contributed by atoms with E-state index < -0.39 is 0 Å². The van der Waals surface area contributed by atoms with Crippen LogP contribution in [-0.2, 0) is 0 Å². The lowest BCUT2D eigenvalue weighted by molar-refractivity contribution is 0.475. The van der Waals surface area contributed by atoms with Gasteiger partial charge in [0.05, 0.1) is 11.7 Å². The lowest BCUT2D eigenvalue weighted by Crippen LogP contribution is -2.30. The van der Waals surface area contributed by atoms with Gasteiger partial charge in [0.2, 0.25) is 0 Å². The molecule has 1 fully saturated rings. The van der Waals surface area contributed by atoms with E-state index in [1.165, 1.54) is 0 Å². The first-order chi connectivity index (χ1) is 15.1. The third-order valence-electron chi connectivity index (χ3n) is 5.40. The summed E-state index contributed by atoms with van der Waals surface area (Å²) in [4.78, 5) is 6.70. The summed E-state index contributed by atoms with van der Waals surface area (Å²) in [5.74, 6) is 0.220. The average molecular weight is 491 g/mol. The van der Waals surface area contributed by atoms with Crippen LogP contribution in [0.2, 0.25) is 0 Å². The predicted octanol–water partition coefficient (Wildman–Crippen LogP) is 5.52. The van der Waals surface area contributed by atoms with Gasteiger partial charge >= 0.3 is 0 Å². The molecule has 2 aromatic carbocycles. The minimum atomic E-state index is -0.138. The maximum absolute atomic E-state index is 9.78. The number of aromatic nitrogens is 2. The standard InChI is InChI=1S/C24H19BrN4OS/c25-16-5-3-6-18(15-16)28-14-4-8-21(28)23-22(20-7-1-2-13-26-20)27-24(31)29(23)17-9-11-19(30)12-10-17/h1-15,22-23,30H,(H,27,31)/t22-,23+/m0/s1. The number of thiocarbonyl (C=S) groups is 1. The third kappa shape index (κ3) is 3.71. The Kier molecular flexibility index (Phi) is 5.21. The number of aromatic hydroxyl groups is 1. The van der Waals surface area contributed by atoms with Crippen LogP contribution in [-0.4, -0.2) is 19.8 Å². The van der Waals surface area contributed by atoms with Crippen molar-refractivity contribution < 1.29 is 5.11 Å². The van der Waals surface area contributed by atoms with Gasteiger partial charge in [-0.15, -0.1) is 0 Å². The fourth-order valence-electron chi connectivity index (χ4n) is 4.04. The second-order valence-corrected chi connectivity index (χ2v) is 8.60. The maximum atomic E-state index is 9.78. The van der Waals surface area contributed by atoms with Crippen molar-refractivity contribution >= 4 is 38.9 Å². The molecule has 154 valence electrons. The molecular weight excluding hydrogens is 472 g/mol. The van der Waals surface area contributed by atoms with Gasteiger partial charge in [-0.25, -0.2) is 0 Å². The monoisotopic (exact) mass is 490 g/mol. The van der Waals surface area contributed by atoms with Crippen molar-refractivity contribution in [2.75, 3.05) is 4.90 Å². The lowest BCUT2D eigenvalue weighted by Gasteiger charge is -2.29. The third-order valence-corrected chi connectivity index (χ3v) is 6.20. The van der Waals surface area contributed by atoms with Crippen molar-refractivity contribution in [3.63, 3.8) is 0 Å². The van der Waals surface area contributed by atoms with Crippen LogP contribution in [0.5, 0.6) is 5.75 Å². The molecule has 1 saturated heterocycles. The highest BCUT2D eigenvalue weighted by molar-refractivity contribution is 9.10. The van der Waals surface area contributed by atoms with Gasteiger partial charge in [0.25, 0.3) is 0 Å². The van der Waals surface area contributed by atoms with Gasteiger partial charge < -0.3 is 19.9 Å². The van der Waals surface area contributed by atoms with Crippen LogP contribution in [0.25, 0.3) is 5.69 Å². The number of hydrogen-bond donors (Lipinski definition) is 2. The van der Waals surface area contributed by atoms with Gasteiger partial charge in [0, 0.05) is 33.9 Å². The Morgan fingerprint density at radius 1 is 0.935 bits per heavy atom. The molecule has 0 radical (unpaired) electrons. The number of phenolic OH excluding ortho intramolecular Hbond substituents is 1. The van der Waals surface area contributed by atoms with Crippen LogP contribution in [0, 0.1) is 0 Å². The normalized spacial score (nSPS) is 18.2. The Morgan fingerprint density at radius 3 is 2.52 bits per heavy atom. The molecule has 2 aromatic heterocycles. The van der Waals surface area contributed by atoms with E-state index in [0.29, 0.717) is 5.11 Å². The summed E-state index contributed by atoms with van der Waals surface area (Å²) in [6, 6.07) is 25.1. The summed E-state index contributed by atoms with van der Waals surface area (Å²) in [5, 5.41) is 13.9. The second-order valence-electron chi connectivity index (χ2n) is 7.30. The highest BCUT2D eigenvalue weighted by Crippen LogP contribution is 2.42. The first-order valence-electron chi connectivity index (χ1n) is 9.85. The molecule has 7 heteroatoms. The topological polar surface area (TPSA) is 53.3 Å². The largest absolute Gasteiger partial charge is 0.508 e. The fraction of sp³-hybridized carbons (Fsp3) is 0.0833. The smallest absolute Gasteiger partial charge is 0.174 e. The molecule has 4 aromatic rings. The number of phenols is 1. The minimum absolute atomic E-state index is 0.136. The van der Waals surface area contributed by atoms with E-state index in [9.17, 15) is 5.11 Å². The minimum Gasteiger partial charge on any atom is -0.508 e. The molecule has 1 aliphatic rings. The second kappa shape index (κ2) is 8.17. The molecule has 0 amide bonds. The number of nitrogens with one attached hydrogen (secondary N) is 1. The first-order valence-corrected chi connectivity index (χ1v) is 11.0. The van der Waals surface area contributed by atoms with E-state index in [4.69, 9.17) is 12.2 Å². The Balaban J connectivity index is 1.67. The lowest BCUT2D eigenvalue weighted by atomic mass is 10.0. The predicted molar refractivity (Wildman–Crippen MR) is 130 cm³/mol. The maximum Gasteiger partial charge on any atom is 0.174 e. The molecule has 3 heterocycles. The summed E-state index contributed by atoms with van der Waals surface area (Å²) < 4.78 is 3.19. The number of pyridine rings is 1. The SMILES string of the molecule is Oc1ccc(N2C(=S)N[C@@H](c3ccccn3)[C@H]2c2cccn2-c2cccc(Br)c2)cc1. The summed E-state index contributed by atoms with van der Waals surface area (Å²) in [6.45, 7) is 0. The number of hydrogen-bond acceptors (Lipinski definition) is 3. The zero-order valence-corrected chi connectivity index (χ0v) is 18.8. The molecule has 1 aliphatic heterocycles. The van der Waals surface area contributed by atoms with Crippen molar-refractivity contribution in [3.8, 4) is 11.4 Å². The van der Waals surface area contributed by atoms with Crippen molar-refractivity contribution in [1.29, 1.82) is 0 Å². The van der Waals surface area contributed by atoms with Crippen LogP contribution < -0.4 is 10.2 Å². The zero-order valence-electron chi connectivity index (χ0n) is 16.4. The van der Waals surface area contributed by atoms with Crippen LogP contribution in [0.1, 0.15) is 23.5 Å². The Morgan fingerprint density at radius 2 is 1.77 bits per heavy atom. The zero-order chi connectivity index (χ0) is 21.4. The number of halogens is 1. The van der Waals surface area contributed by atoms with Crippen molar-refractivity contribution in [3.05, 3.63) is 107 Å². The van der Waals surface area contributed by atoms with Crippen molar-refractivity contribution in [1.82, 2.24) is 14.9 Å². The van der Waals surface area contributed by atoms with Crippen molar-refractivity contribution in [2.45, 2.75) is 12.1 Å². The van der Waals surface area contributed by atoms with Gasteiger partial charge in [-0.2, -0.15) is 0 Å². The summed E-state index contributed by atoms with van der Waals surface area (Å²) in [7, 11) is 0. The molecule has 0 bridgehead atoms. The van der Waals surface area contributed by atoms with Crippen LogP contribution in [0.3, 0.4) is 0 Å². The van der Waals surface area contributed by atoms with Gasteiger partial charge in [0.15, 0.2) is 5.11 Å². The van der Waals surface area contributed by atoms with Gasteiger partial charge in [-0.05, 0) is 78.9 Å². The van der Waals surface area contributed by atoms with Crippen molar-refractivity contribution in [2.24, 2.45) is 0 Å². The average Bonchev–Trinajstić information content (AvgIpc) is 3.39. The fourth-order valence-corrected chi connectivity index (χ4v) is 4.78. The Bertz CT molecular complexity index is 1230. The molecule has 31 heavy (non-hydrogen) atoms. The molecule has 0 saturated carbocycles. The number of benzene rings is 2. The quantitative estimate of drug-likeness (QED) is 0.369.